The first-order valence-corrected chi connectivity index (χ1v) is 10.3. The van der Waals surface area contributed by atoms with Crippen molar-refractivity contribution in [3.63, 3.8) is 0 Å². The minimum atomic E-state index is 0.0408. The summed E-state index contributed by atoms with van der Waals surface area (Å²) >= 11 is 0. The molecule has 0 aromatic heterocycles. The van der Waals surface area contributed by atoms with Crippen LogP contribution < -0.4 is 4.74 Å². The average Bonchev–Trinajstić information content (AvgIpc) is 2.73. The van der Waals surface area contributed by atoms with Crippen molar-refractivity contribution in [3.8, 4) is 5.75 Å². The molecule has 29 heavy (non-hydrogen) atoms. The van der Waals surface area contributed by atoms with Gasteiger partial charge in [-0.1, -0.05) is 35.9 Å². The Morgan fingerprint density at radius 3 is 2.07 bits per heavy atom. The largest absolute Gasteiger partial charge is 0.493 e. The minimum Gasteiger partial charge on any atom is -0.493 e. The van der Waals surface area contributed by atoms with Crippen molar-refractivity contribution in [3.05, 3.63) is 64.7 Å². The highest BCUT2D eigenvalue weighted by molar-refractivity contribution is 5.94. The second kappa shape index (κ2) is 9.59. The zero-order valence-corrected chi connectivity index (χ0v) is 17.6. The maximum atomic E-state index is 12.6. The summed E-state index contributed by atoms with van der Waals surface area (Å²) in [4.78, 5) is 28.8. The van der Waals surface area contributed by atoms with Gasteiger partial charge < -0.3 is 14.5 Å². The Morgan fingerprint density at radius 1 is 0.862 bits per heavy atom. The third-order valence-corrected chi connectivity index (χ3v) is 5.41. The van der Waals surface area contributed by atoms with Crippen LogP contribution >= 0.6 is 0 Å². The lowest BCUT2D eigenvalue weighted by Gasteiger charge is -2.35. The van der Waals surface area contributed by atoms with Crippen LogP contribution in [0.15, 0.2) is 42.5 Å². The van der Waals surface area contributed by atoms with Crippen molar-refractivity contribution in [1.82, 2.24) is 9.80 Å². The quantitative estimate of drug-likeness (QED) is 0.701. The summed E-state index contributed by atoms with van der Waals surface area (Å²) in [6.07, 6.45) is 1.16. The van der Waals surface area contributed by atoms with Crippen molar-refractivity contribution in [1.29, 1.82) is 0 Å². The second-order valence-electron chi connectivity index (χ2n) is 7.71. The molecule has 2 aromatic rings. The van der Waals surface area contributed by atoms with E-state index in [0.717, 1.165) is 22.4 Å². The number of benzene rings is 2. The van der Waals surface area contributed by atoms with Crippen LogP contribution in [0.25, 0.3) is 0 Å². The van der Waals surface area contributed by atoms with Crippen molar-refractivity contribution in [2.75, 3.05) is 32.8 Å². The van der Waals surface area contributed by atoms with Crippen molar-refractivity contribution in [2.24, 2.45) is 0 Å². The fourth-order valence-corrected chi connectivity index (χ4v) is 3.62. The van der Waals surface area contributed by atoms with Gasteiger partial charge in [0, 0.05) is 38.2 Å². The van der Waals surface area contributed by atoms with E-state index in [4.69, 9.17) is 4.74 Å². The lowest BCUT2D eigenvalue weighted by Crippen LogP contribution is -2.50. The fourth-order valence-electron chi connectivity index (χ4n) is 3.62. The molecule has 0 N–H and O–H groups in total. The summed E-state index contributed by atoms with van der Waals surface area (Å²) in [7, 11) is 0. The SMILES string of the molecule is Cc1ccc(C(=O)N2CCN(C(=O)CCCOc3c(C)cccc3C)CC2)cc1. The Labute approximate surface area is 173 Å². The first-order valence-electron chi connectivity index (χ1n) is 10.3. The number of carbonyl (C=O) groups excluding carboxylic acids is 2. The van der Waals surface area contributed by atoms with E-state index in [1.807, 2.05) is 73.0 Å². The van der Waals surface area contributed by atoms with Gasteiger partial charge in [0.1, 0.15) is 5.75 Å². The Kier molecular flexibility index (Phi) is 6.91. The van der Waals surface area contributed by atoms with E-state index < -0.39 is 0 Å². The van der Waals surface area contributed by atoms with Gasteiger partial charge in [-0.05, 0) is 50.5 Å². The molecule has 0 saturated carbocycles. The van der Waals surface area contributed by atoms with E-state index in [-0.39, 0.29) is 11.8 Å². The number of aryl methyl sites for hydroxylation is 3. The minimum absolute atomic E-state index is 0.0408. The Morgan fingerprint density at radius 2 is 1.45 bits per heavy atom. The normalized spacial score (nSPS) is 14.0. The number of amides is 2. The molecular formula is C24H30N2O3. The summed E-state index contributed by atoms with van der Waals surface area (Å²) in [5, 5.41) is 0. The Bertz CT molecular complexity index is 833. The van der Waals surface area contributed by atoms with E-state index >= 15 is 0 Å². The van der Waals surface area contributed by atoms with Crippen LogP contribution in [0.1, 0.15) is 39.9 Å². The summed E-state index contributed by atoms with van der Waals surface area (Å²) in [5.41, 5.74) is 4.08. The smallest absolute Gasteiger partial charge is 0.253 e. The highest BCUT2D eigenvalue weighted by atomic mass is 16.5. The van der Waals surface area contributed by atoms with Crippen LogP contribution in [-0.2, 0) is 4.79 Å². The zero-order chi connectivity index (χ0) is 20.8. The number of piperazine rings is 1. The van der Waals surface area contributed by atoms with Gasteiger partial charge in [-0.3, -0.25) is 9.59 Å². The maximum Gasteiger partial charge on any atom is 0.253 e. The van der Waals surface area contributed by atoms with E-state index in [1.54, 1.807) is 0 Å². The van der Waals surface area contributed by atoms with Crippen LogP contribution in [0.5, 0.6) is 5.75 Å². The zero-order valence-electron chi connectivity index (χ0n) is 17.6. The van der Waals surface area contributed by atoms with Gasteiger partial charge in [-0.15, -0.1) is 0 Å². The van der Waals surface area contributed by atoms with E-state index in [9.17, 15) is 9.59 Å². The number of hydrogen-bond acceptors (Lipinski definition) is 3. The number of carbonyl (C=O) groups is 2. The number of ether oxygens (including phenoxy) is 1. The van der Waals surface area contributed by atoms with Crippen LogP contribution in [-0.4, -0.2) is 54.4 Å². The molecule has 5 nitrogen and oxygen atoms in total. The Balaban J connectivity index is 1.41. The van der Waals surface area contributed by atoms with Crippen molar-refractivity contribution < 1.29 is 14.3 Å². The van der Waals surface area contributed by atoms with Crippen molar-refractivity contribution >= 4 is 11.8 Å². The monoisotopic (exact) mass is 394 g/mol. The van der Waals surface area contributed by atoms with Crippen LogP contribution in [0.2, 0.25) is 0 Å². The number of rotatable bonds is 6. The van der Waals surface area contributed by atoms with Crippen LogP contribution in [0, 0.1) is 20.8 Å². The number of para-hydroxylation sites is 1. The molecule has 3 rings (SSSR count). The molecule has 2 aromatic carbocycles. The average molecular weight is 395 g/mol. The van der Waals surface area contributed by atoms with Gasteiger partial charge >= 0.3 is 0 Å². The highest BCUT2D eigenvalue weighted by Crippen LogP contribution is 2.22. The summed E-state index contributed by atoms with van der Waals surface area (Å²) in [5.74, 6) is 1.10. The standard InChI is InChI=1S/C24H30N2O3/c1-18-9-11-21(12-10-18)24(28)26-15-13-25(14-16-26)22(27)8-5-17-29-23-19(2)6-4-7-20(23)3/h4,6-7,9-12H,5,8,13-17H2,1-3H3. The van der Waals surface area contributed by atoms with Crippen LogP contribution in [0.3, 0.4) is 0 Å². The van der Waals surface area contributed by atoms with Gasteiger partial charge in [0.05, 0.1) is 6.61 Å². The van der Waals surface area contributed by atoms with E-state index in [0.29, 0.717) is 51.2 Å². The van der Waals surface area contributed by atoms with Gasteiger partial charge in [-0.2, -0.15) is 0 Å². The van der Waals surface area contributed by atoms with E-state index in [1.165, 1.54) is 0 Å². The molecule has 0 unspecified atom stereocenters. The lowest BCUT2D eigenvalue weighted by atomic mass is 10.1. The Hall–Kier alpha value is -2.82. The molecule has 5 heteroatoms. The molecular weight excluding hydrogens is 364 g/mol. The first-order chi connectivity index (χ1) is 14.0. The van der Waals surface area contributed by atoms with Gasteiger partial charge in [0.2, 0.25) is 5.91 Å². The number of hydrogen-bond donors (Lipinski definition) is 0. The topological polar surface area (TPSA) is 49.9 Å². The molecule has 1 saturated heterocycles. The van der Waals surface area contributed by atoms with E-state index in [2.05, 4.69) is 0 Å². The van der Waals surface area contributed by atoms with Crippen LogP contribution in [0.4, 0.5) is 0 Å². The maximum absolute atomic E-state index is 12.6. The highest BCUT2D eigenvalue weighted by Gasteiger charge is 2.24. The summed E-state index contributed by atoms with van der Waals surface area (Å²) in [6, 6.07) is 13.7. The first kappa shape index (κ1) is 20.9. The van der Waals surface area contributed by atoms with Gasteiger partial charge in [0.25, 0.3) is 5.91 Å². The predicted molar refractivity (Wildman–Crippen MR) is 114 cm³/mol. The summed E-state index contributed by atoms with van der Waals surface area (Å²) < 4.78 is 5.89. The third kappa shape index (κ3) is 5.37. The second-order valence-corrected chi connectivity index (χ2v) is 7.71. The molecule has 1 aliphatic rings. The third-order valence-electron chi connectivity index (χ3n) is 5.41. The molecule has 154 valence electrons. The van der Waals surface area contributed by atoms with Gasteiger partial charge in [-0.25, -0.2) is 0 Å². The molecule has 0 bridgehead atoms. The fraction of sp³-hybridized carbons (Fsp3) is 0.417. The van der Waals surface area contributed by atoms with Gasteiger partial charge in [0.15, 0.2) is 0 Å². The predicted octanol–water partition coefficient (Wildman–Crippen LogP) is 3.76. The summed E-state index contributed by atoms with van der Waals surface area (Å²) in [6.45, 7) is 8.95. The molecule has 0 atom stereocenters. The molecule has 1 fully saturated rings. The lowest BCUT2D eigenvalue weighted by molar-refractivity contribution is -0.132. The molecule has 1 aliphatic heterocycles. The molecule has 0 spiro atoms. The molecule has 0 radical (unpaired) electrons. The number of nitrogens with zero attached hydrogens (tertiary/aromatic N) is 2. The molecule has 2 amide bonds. The molecule has 1 heterocycles. The molecule has 0 aliphatic carbocycles. The van der Waals surface area contributed by atoms with Crippen molar-refractivity contribution in [2.45, 2.75) is 33.6 Å².